The van der Waals surface area contributed by atoms with Crippen molar-refractivity contribution in [3.63, 3.8) is 0 Å². The van der Waals surface area contributed by atoms with E-state index >= 15 is 0 Å². The molecule has 3 heteroatoms. The minimum absolute atomic E-state index is 0.0261. The van der Waals surface area contributed by atoms with Crippen molar-refractivity contribution >= 4 is 17.4 Å². The van der Waals surface area contributed by atoms with Gasteiger partial charge in [0.05, 0.1) is 5.38 Å². The Labute approximate surface area is 122 Å². The van der Waals surface area contributed by atoms with Crippen LogP contribution >= 0.6 is 11.6 Å². The van der Waals surface area contributed by atoms with Gasteiger partial charge in [-0.05, 0) is 46.1 Å². The molecule has 0 amide bonds. The highest BCUT2D eigenvalue weighted by atomic mass is 35.5. The number of alkyl halides is 1. The Kier molecular flexibility index (Phi) is 5.26. The molecule has 1 aromatic rings. The minimum Gasteiger partial charge on any atom is -0.342 e. The third kappa shape index (κ3) is 2.74. The first kappa shape index (κ1) is 16.3. The van der Waals surface area contributed by atoms with E-state index in [1.54, 1.807) is 6.92 Å². The number of ketones is 1. The second-order valence-corrected chi connectivity index (χ2v) is 6.04. The van der Waals surface area contributed by atoms with Crippen LogP contribution in [0.3, 0.4) is 0 Å². The van der Waals surface area contributed by atoms with Gasteiger partial charge in [0, 0.05) is 22.5 Å². The summed E-state index contributed by atoms with van der Waals surface area (Å²) in [6.07, 6.45) is 3.21. The number of halogens is 1. The zero-order chi connectivity index (χ0) is 14.8. The fourth-order valence-electron chi connectivity index (χ4n) is 3.18. The van der Waals surface area contributed by atoms with Gasteiger partial charge in [-0.3, -0.25) is 4.79 Å². The van der Waals surface area contributed by atoms with Gasteiger partial charge in [0.25, 0.3) is 0 Å². The van der Waals surface area contributed by atoms with Crippen molar-refractivity contribution in [3.8, 4) is 0 Å². The van der Waals surface area contributed by atoms with Gasteiger partial charge in [-0.1, -0.05) is 20.8 Å². The normalized spacial score (nSPS) is 13.6. The number of Topliss-reactive ketones (excluding diaryl/α,β-unsaturated/α-hetero) is 1. The van der Waals surface area contributed by atoms with Crippen molar-refractivity contribution in [2.75, 3.05) is 0 Å². The number of nitrogens with zero attached hydrogens (tertiary/aromatic N) is 1. The van der Waals surface area contributed by atoms with Gasteiger partial charge in [-0.25, -0.2) is 0 Å². The summed E-state index contributed by atoms with van der Waals surface area (Å²) in [7, 11) is 0. The fourth-order valence-corrected chi connectivity index (χ4v) is 3.30. The average molecular weight is 284 g/mol. The molecule has 19 heavy (non-hydrogen) atoms. The van der Waals surface area contributed by atoms with Crippen LogP contribution in [0.15, 0.2) is 6.07 Å². The molecule has 0 bridgehead atoms. The van der Waals surface area contributed by atoms with Crippen LogP contribution in [0, 0.1) is 13.8 Å². The number of rotatable bonds is 6. The lowest BCUT2D eigenvalue weighted by Gasteiger charge is -2.35. The molecule has 0 spiro atoms. The fraction of sp³-hybridized carbons (Fsp3) is 0.688. The quantitative estimate of drug-likeness (QED) is 0.541. The minimum atomic E-state index is -0.465. The van der Waals surface area contributed by atoms with Gasteiger partial charge >= 0.3 is 0 Å². The summed E-state index contributed by atoms with van der Waals surface area (Å²) >= 11 is 5.95. The van der Waals surface area contributed by atoms with Crippen LogP contribution in [-0.2, 0) is 5.54 Å². The smallest absolute Gasteiger partial charge is 0.182 e. The molecule has 1 unspecified atom stereocenters. The molecule has 2 nitrogen and oxygen atoms in total. The van der Waals surface area contributed by atoms with Crippen molar-refractivity contribution < 1.29 is 4.79 Å². The SMILES string of the molecule is CCC(CC)(CC)n1c(C)cc(C(=O)C(C)Cl)c1C. The first-order chi connectivity index (χ1) is 8.84. The van der Waals surface area contributed by atoms with E-state index in [1.165, 1.54) is 0 Å². The largest absolute Gasteiger partial charge is 0.342 e. The molecule has 1 aromatic heterocycles. The third-order valence-corrected chi connectivity index (χ3v) is 4.70. The number of aromatic nitrogens is 1. The van der Waals surface area contributed by atoms with Crippen molar-refractivity contribution in [1.82, 2.24) is 4.57 Å². The predicted octanol–water partition coefficient (Wildman–Crippen LogP) is 4.84. The Morgan fingerprint density at radius 2 is 1.74 bits per heavy atom. The molecule has 0 radical (unpaired) electrons. The summed E-state index contributed by atoms with van der Waals surface area (Å²) in [5, 5.41) is -0.465. The van der Waals surface area contributed by atoms with Crippen LogP contribution in [0.1, 0.15) is 68.7 Å². The molecule has 1 atom stereocenters. The van der Waals surface area contributed by atoms with Crippen LogP contribution < -0.4 is 0 Å². The van der Waals surface area contributed by atoms with Crippen LogP contribution in [0.25, 0.3) is 0 Å². The lowest BCUT2D eigenvalue weighted by Crippen LogP contribution is -2.33. The Hall–Kier alpha value is -0.760. The van der Waals surface area contributed by atoms with E-state index in [9.17, 15) is 4.79 Å². The highest BCUT2D eigenvalue weighted by Gasteiger charge is 2.31. The third-order valence-electron chi connectivity index (χ3n) is 4.51. The van der Waals surface area contributed by atoms with Gasteiger partial charge in [0.2, 0.25) is 0 Å². The maximum atomic E-state index is 12.2. The van der Waals surface area contributed by atoms with Crippen molar-refractivity contribution in [2.45, 2.75) is 71.7 Å². The molecule has 108 valence electrons. The highest BCUT2D eigenvalue weighted by Crippen LogP contribution is 2.34. The summed E-state index contributed by atoms with van der Waals surface area (Å²) in [4.78, 5) is 12.2. The van der Waals surface area contributed by atoms with Crippen LogP contribution in [0.4, 0.5) is 0 Å². The molecular weight excluding hydrogens is 258 g/mol. The molecule has 0 N–H and O–H groups in total. The van der Waals surface area contributed by atoms with E-state index in [2.05, 4.69) is 32.3 Å². The molecule has 1 heterocycles. The van der Waals surface area contributed by atoms with E-state index in [0.717, 1.165) is 36.2 Å². The van der Waals surface area contributed by atoms with Gasteiger partial charge in [-0.2, -0.15) is 0 Å². The van der Waals surface area contributed by atoms with E-state index in [-0.39, 0.29) is 11.3 Å². The number of carbonyl (C=O) groups excluding carboxylic acids is 1. The molecule has 0 aliphatic rings. The van der Waals surface area contributed by atoms with Gasteiger partial charge in [0.15, 0.2) is 5.78 Å². The number of aryl methyl sites for hydroxylation is 1. The van der Waals surface area contributed by atoms with Gasteiger partial charge in [0.1, 0.15) is 0 Å². The second kappa shape index (κ2) is 6.13. The molecule has 0 saturated carbocycles. The summed E-state index contributed by atoms with van der Waals surface area (Å²) in [6.45, 7) is 12.5. The molecule has 0 aromatic carbocycles. The van der Waals surface area contributed by atoms with E-state index in [4.69, 9.17) is 11.6 Å². The molecule has 0 aliphatic heterocycles. The maximum Gasteiger partial charge on any atom is 0.182 e. The second-order valence-electron chi connectivity index (χ2n) is 5.39. The van der Waals surface area contributed by atoms with Gasteiger partial charge < -0.3 is 4.57 Å². The number of hydrogen-bond acceptors (Lipinski definition) is 1. The lowest BCUT2D eigenvalue weighted by atomic mass is 9.88. The van der Waals surface area contributed by atoms with E-state index in [1.807, 2.05) is 13.0 Å². The molecule has 0 aliphatic carbocycles. The Bertz CT molecular complexity index is 447. The first-order valence-electron chi connectivity index (χ1n) is 7.22. The lowest BCUT2D eigenvalue weighted by molar-refractivity contribution is 0.0990. The number of carbonyl (C=O) groups is 1. The maximum absolute atomic E-state index is 12.2. The summed E-state index contributed by atoms with van der Waals surface area (Å²) in [6, 6.07) is 1.99. The summed E-state index contributed by atoms with van der Waals surface area (Å²) in [5.41, 5.74) is 3.10. The van der Waals surface area contributed by atoms with Crippen molar-refractivity contribution in [2.24, 2.45) is 0 Å². The van der Waals surface area contributed by atoms with Crippen LogP contribution in [0.5, 0.6) is 0 Å². The van der Waals surface area contributed by atoms with Crippen LogP contribution in [0.2, 0.25) is 0 Å². The standard InChI is InChI=1S/C16H26ClNO/c1-7-16(8-2,9-3)18-11(4)10-14(13(18)6)15(19)12(5)17/h10,12H,7-9H2,1-6H3. The van der Waals surface area contributed by atoms with Crippen molar-refractivity contribution in [3.05, 3.63) is 23.0 Å². The summed E-state index contributed by atoms with van der Waals surface area (Å²) < 4.78 is 2.35. The number of hydrogen-bond donors (Lipinski definition) is 0. The first-order valence-corrected chi connectivity index (χ1v) is 7.65. The van der Waals surface area contributed by atoms with E-state index in [0.29, 0.717) is 0 Å². The zero-order valence-corrected chi connectivity index (χ0v) is 13.8. The Balaban J connectivity index is 3.42. The summed E-state index contributed by atoms with van der Waals surface area (Å²) in [5.74, 6) is 0.0261. The van der Waals surface area contributed by atoms with Crippen molar-refractivity contribution in [1.29, 1.82) is 0 Å². The van der Waals surface area contributed by atoms with Gasteiger partial charge in [-0.15, -0.1) is 11.6 Å². The monoisotopic (exact) mass is 283 g/mol. The Morgan fingerprint density at radius 1 is 1.26 bits per heavy atom. The molecule has 0 fully saturated rings. The zero-order valence-electron chi connectivity index (χ0n) is 13.0. The Morgan fingerprint density at radius 3 is 2.11 bits per heavy atom. The predicted molar refractivity (Wildman–Crippen MR) is 82.4 cm³/mol. The molecule has 0 saturated heterocycles. The molecule has 1 rings (SSSR count). The highest BCUT2D eigenvalue weighted by molar-refractivity contribution is 6.33. The van der Waals surface area contributed by atoms with Crippen LogP contribution in [-0.4, -0.2) is 15.7 Å². The average Bonchev–Trinajstić information content (AvgIpc) is 2.68. The topological polar surface area (TPSA) is 22.0 Å². The van der Waals surface area contributed by atoms with E-state index < -0.39 is 5.38 Å². The molecular formula is C16H26ClNO.